The Morgan fingerprint density at radius 2 is 2.19 bits per heavy atom. The highest BCUT2D eigenvalue weighted by Crippen LogP contribution is 2.21. The number of aromatic nitrogens is 1. The topological polar surface area (TPSA) is 42.2 Å². The van der Waals surface area contributed by atoms with Crippen molar-refractivity contribution < 1.29 is 9.90 Å². The number of carboxylic acid groups (broad SMARTS) is 1. The maximum atomic E-state index is 10.4. The van der Waals surface area contributed by atoms with Gasteiger partial charge in [-0.3, -0.25) is 4.79 Å². The molecule has 0 spiro atoms. The minimum Gasteiger partial charge on any atom is -0.481 e. The summed E-state index contributed by atoms with van der Waals surface area (Å²) < 4.78 is 2.04. The van der Waals surface area contributed by atoms with Crippen LogP contribution in [0, 0.1) is 0 Å². The molecule has 0 aliphatic rings. The lowest BCUT2D eigenvalue weighted by Gasteiger charge is -1.92. The summed E-state index contributed by atoms with van der Waals surface area (Å²) >= 11 is 0. The molecular formula is C13H13NO2. The number of hydrogen-bond acceptors (Lipinski definition) is 1. The molecule has 0 fully saturated rings. The van der Waals surface area contributed by atoms with Gasteiger partial charge >= 0.3 is 5.97 Å². The third-order valence-electron chi connectivity index (χ3n) is 2.52. The molecule has 1 heterocycles. The van der Waals surface area contributed by atoms with E-state index in [-0.39, 0.29) is 6.42 Å². The molecule has 0 amide bonds. The molecule has 1 aromatic carbocycles. The van der Waals surface area contributed by atoms with E-state index in [4.69, 9.17) is 5.11 Å². The van der Waals surface area contributed by atoms with E-state index >= 15 is 0 Å². The minimum absolute atomic E-state index is 0.0588. The lowest BCUT2D eigenvalue weighted by atomic mass is 10.1. The summed E-state index contributed by atoms with van der Waals surface area (Å²) in [5, 5.41) is 9.70. The zero-order valence-electron chi connectivity index (χ0n) is 9.05. The van der Waals surface area contributed by atoms with Crippen LogP contribution in [0.25, 0.3) is 17.0 Å². The van der Waals surface area contributed by atoms with Crippen LogP contribution >= 0.6 is 0 Å². The van der Waals surface area contributed by atoms with Crippen molar-refractivity contribution in [2.45, 2.75) is 6.42 Å². The minimum atomic E-state index is -0.809. The standard InChI is InChI=1S/C13H13NO2/c1-14-9-10(5-4-8-13(15)16)11-6-2-3-7-12(11)14/h2-7,9H,8H2,1H3,(H,15,16)/b5-4+. The Balaban J connectivity index is 2.38. The van der Waals surface area contributed by atoms with E-state index < -0.39 is 5.97 Å². The molecule has 0 aliphatic heterocycles. The van der Waals surface area contributed by atoms with Crippen molar-refractivity contribution >= 4 is 22.9 Å². The van der Waals surface area contributed by atoms with Gasteiger partial charge in [0.05, 0.1) is 6.42 Å². The number of carboxylic acids is 1. The van der Waals surface area contributed by atoms with Crippen molar-refractivity contribution in [3.63, 3.8) is 0 Å². The summed E-state index contributed by atoms with van der Waals surface area (Å²) in [5.41, 5.74) is 2.21. The molecule has 1 aromatic heterocycles. The highest BCUT2D eigenvalue weighted by Gasteiger charge is 2.02. The summed E-state index contributed by atoms with van der Waals surface area (Å²) in [7, 11) is 1.98. The molecule has 1 N–H and O–H groups in total. The zero-order valence-corrected chi connectivity index (χ0v) is 9.05. The van der Waals surface area contributed by atoms with Crippen LogP contribution in [0.5, 0.6) is 0 Å². The number of nitrogens with zero attached hydrogens (tertiary/aromatic N) is 1. The first-order chi connectivity index (χ1) is 7.68. The molecule has 16 heavy (non-hydrogen) atoms. The second-order valence-corrected chi connectivity index (χ2v) is 3.71. The van der Waals surface area contributed by atoms with Crippen LogP contribution in [-0.2, 0) is 11.8 Å². The number of aryl methyl sites for hydroxylation is 1. The van der Waals surface area contributed by atoms with Gasteiger partial charge in [-0.05, 0) is 11.6 Å². The molecule has 0 bridgehead atoms. The second kappa shape index (κ2) is 4.23. The predicted octanol–water partition coefficient (Wildman–Crippen LogP) is 2.67. The highest BCUT2D eigenvalue weighted by atomic mass is 16.4. The van der Waals surface area contributed by atoms with E-state index in [1.807, 2.05) is 48.2 Å². The third kappa shape index (κ3) is 1.98. The molecule has 3 nitrogen and oxygen atoms in total. The zero-order chi connectivity index (χ0) is 11.5. The largest absolute Gasteiger partial charge is 0.481 e. The number of aliphatic carboxylic acids is 1. The summed E-state index contributed by atoms with van der Waals surface area (Å²) in [4.78, 5) is 10.4. The van der Waals surface area contributed by atoms with Crippen LogP contribution in [0.4, 0.5) is 0 Å². The summed E-state index contributed by atoms with van der Waals surface area (Å²) in [6.07, 6.45) is 5.59. The van der Waals surface area contributed by atoms with Gasteiger partial charge in [0.2, 0.25) is 0 Å². The first-order valence-electron chi connectivity index (χ1n) is 5.11. The second-order valence-electron chi connectivity index (χ2n) is 3.71. The SMILES string of the molecule is Cn1cc(/C=C/CC(=O)O)c2ccccc21. The first kappa shape index (κ1) is 10.5. The Labute approximate surface area is 93.6 Å². The molecule has 0 aliphatic carbocycles. The fourth-order valence-electron chi connectivity index (χ4n) is 1.79. The Kier molecular flexibility index (Phi) is 2.77. The van der Waals surface area contributed by atoms with Crippen molar-refractivity contribution in [1.29, 1.82) is 0 Å². The van der Waals surface area contributed by atoms with Gasteiger partial charge in [0.1, 0.15) is 0 Å². The maximum Gasteiger partial charge on any atom is 0.307 e. The van der Waals surface area contributed by atoms with E-state index in [1.54, 1.807) is 6.08 Å². The van der Waals surface area contributed by atoms with Crippen molar-refractivity contribution in [2.24, 2.45) is 7.05 Å². The van der Waals surface area contributed by atoms with E-state index in [0.717, 1.165) is 16.5 Å². The van der Waals surface area contributed by atoms with Crippen LogP contribution in [0.15, 0.2) is 36.5 Å². The smallest absolute Gasteiger partial charge is 0.307 e. The molecule has 2 rings (SSSR count). The average molecular weight is 215 g/mol. The molecule has 0 radical (unpaired) electrons. The fourth-order valence-corrected chi connectivity index (χ4v) is 1.79. The number of carbonyl (C=O) groups is 1. The van der Waals surface area contributed by atoms with Crippen LogP contribution < -0.4 is 0 Å². The van der Waals surface area contributed by atoms with Gasteiger partial charge in [-0.25, -0.2) is 0 Å². The van der Waals surface area contributed by atoms with Gasteiger partial charge in [0, 0.05) is 24.1 Å². The van der Waals surface area contributed by atoms with Gasteiger partial charge in [-0.2, -0.15) is 0 Å². The summed E-state index contributed by atoms with van der Waals surface area (Å²) in [6.45, 7) is 0. The van der Waals surface area contributed by atoms with Gasteiger partial charge in [-0.15, -0.1) is 0 Å². The van der Waals surface area contributed by atoms with Gasteiger partial charge in [0.25, 0.3) is 0 Å². The Hall–Kier alpha value is -2.03. The quantitative estimate of drug-likeness (QED) is 0.855. The van der Waals surface area contributed by atoms with Crippen molar-refractivity contribution in [3.8, 4) is 0 Å². The third-order valence-corrected chi connectivity index (χ3v) is 2.52. The molecule has 82 valence electrons. The molecular weight excluding hydrogens is 202 g/mol. The maximum absolute atomic E-state index is 10.4. The number of hydrogen-bond donors (Lipinski definition) is 1. The molecule has 0 saturated carbocycles. The number of benzene rings is 1. The normalized spacial score (nSPS) is 11.3. The van der Waals surface area contributed by atoms with Crippen molar-refractivity contribution in [3.05, 3.63) is 42.1 Å². The number of para-hydroxylation sites is 1. The predicted molar refractivity (Wildman–Crippen MR) is 64.2 cm³/mol. The molecule has 0 unspecified atom stereocenters. The van der Waals surface area contributed by atoms with Crippen LogP contribution in [-0.4, -0.2) is 15.6 Å². The molecule has 2 aromatic rings. The van der Waals surface area contributed by atoms with Crippen LogP contribution in [0.2, 0.25) is 0 Å². The number of rotatable bonds is 3. The lowest BCUT2D eigenvalue weighted by molar-refractivity contribution is -0.135. The van der Waals surface area contributed by atoms with Crippen LogP contribution in [0.1, 0.15) is 12.0 Å². The Bertz CT molecular complexity index is 552. The van der Waals surface area contributed by atoms with E-state index in [0.29, 0.717) is 0 Å². The first-order valence-corrected chi connectivity index (χ1v) is 5.11. The van der Waals surface area contributed by atoms with Gasteiger partial charge in [-0.1, -0.05) is 30.4 Å². The van der Waals surface area contributed by atoms with Crippen LogP contribution in [0.3, 0.4) is 0 Å². The molecule has 0 atom stereocenters. The Morgan fingerprint density at radius 1 is 1.44 bits per heavy atom. The highest BCUT2D eigenvalue weighted by molar-refractivity contribution is 5.89. The fraction of sp³-hybridized carbons (Fsp3) is 0.154. The van der Waals surface area contributed by atoms with Gasteiger partial charge < -0.3 is 9.67 Å². The van der Waals surface area contributed by atoms with Gasteiger partial charge in [0.15, 0.2) is 0 Å². The summed E-state index contributed by atoms with van der Waals surface area (Å²) in [5.74, 6) is -0.809. The monoisotopic (exact) mass is 215 g/mol. The molecule has 3 heteroatoms. The lowest BCUT2D eigenvalue weighted by Crippen LogP contribution is -1.89. The number of fused-ring (bicyclic) bond motifs is 1. The summed E-state index contributed by atoms with van der Waals surface area (Å²) in [6, 6.07) is 8.06. The Morgan fingerprint density at radius 3 is 2.94 bits per heavy atom. The average Bonchev–Trinajstić information content (AvgIpc) is 2.57. The molecule has 0 saturated heterocycles. The van der Waals surface area contributed by atoms with E-state index in [9.17, 15) is 4.79 Å². The van der Waals surface area contributed by atoms with Crippen molar-refractivity contribution in [1.82, 2.24) is 4.57 Å². The van der Waals surface area contributed by atoms with E-state index in [2.05, 4.69) is 0 Å². The van der Waals surface area contributed by atoms with E-state index in [1.165, 1.54) is 0 Å². The van der Waals surface area contributed by atoms with Crippen molar-refractivity contribution in [2.75, 3.05) is 0 Å².